The quantitative estimate of drug-likeness (QED) is 0.153. The third-order valence-corrected chi connectivity index (χ3v) is 18.6. The maximum atomic E-state index is 6.83. The Bertz CT molecular complexity index is 4110. The van der Waals surface area contributed by atoms with Crippen molar-refractivity contribution in [3.63, 3.8) is 0 Å². The Hall–Kier alpha value is -6.56. The normalized spacial score (nSPS) is 17.1. The van der Waals surface area contributed by atoms with Gasteiger partial charge in [-0.15, -0.1) is 11.3 Å². The lowest BCUT2D eigenvalue weighted by atomic mass is 9.43. The van der Waals surface area contributed by atoms with E-state index in [2.05, 4.69) is 205 Å². The number of benzene rings is 8. The molecule has 5 heteroatoms. The molecule has 3 aromatic heterocycles. The molecule has 3 nitrogen and oxygen atoms in total. The van der Waals surface area contributed by atoms with Crippen LogP contribution in [0.5, 0.6) is 0 Å². The largest absolute Gasteiger partial charge is 0.456 e. The number of aromatic nitrogens is 1. The first-order valence-electron chi connectivity index (χ1n) is 24.7. The first kappa shape index (κ1) is 39.4. The fourth-order valence-electron chi connectivity index (χ4n) is 13.6. The van der Waals surface area contributed by atoms with Crippen LogP contribution in [0.1, 0.15) is 103 Å². The van der Waals surface area contributed by atoms with E-state index in [1.54, 1.807) is 0 Å². The highest BCUT2D eigenvalue weighted by Crippen LogP contribution is 2.57. The molecule has 11 aromatic rings. The smallest absolute Gasteiger partial charge is 0.333 e. The number of anilines is 2. The molecule has 2 aliphatic carbocycles. The topological polar surface area (TPSA) is 21.3 Å². The first-order valence-corrected chi connectivity index (χ1v) is 25.6. The van der Waals surface area contributed by atoms with Gasteiger partial charge in [-0.3, -0.25) is 0 Å². The molecule has 0 saturated heterocycles. The fourth-order valence-corrected chi connectivity index (χ4v) is 14.9. The zero-order valence-electron chi connectivity index (χ0n) is 40.4. The van der Waals surface area contributed by atoms with E-state index in [4.69, 9.17) is 4.42 Å². The minimum absolute atomic E-state index is 0.0214. The van der Waals surface area contributed by atoms with E-state index in [0.29, 0.717) is 0 Å². The second kappa shape index (κ2) is 12.6. The standard InChI is InChI=1S/C63H53BN2OS/c1-60(2,3)34-22-24-35(25-23-34)66-49-30-40-37-17-11-14-20-51(37)67-52(40)31-42(49)56-57-58-54(55-38-18-12-15-21-53(38)68-59(55)56)41-28-45-46(62(6,7)27-26-61(45,4)5)33-48(41)65(58)50-29-39-36-16-10-13-19-43(36)63(8,9)44(39)32-47(50)64(57)66/h10-25,28-33H,26-27H2,1-9H3. The molecule has 8 aromatic carbocycles. The summed E-state index contributed by atoms with van der Waals surface area (Å²) in [7, 11) is 0. The van der Waals surface area contributed by atoms with Crippen molar-refractivity contribution in [3.8, 4) is 27.9 Å². The van der Waals surface area contributed by atoms with Crippen LogP contribution in [0, 0.1) is 0 Å². The lowest BCUT2D eigenvalue weighted by molar-refractivity contribution is 0.332. The summed E-state index contributed by atoms with van der Waals surface area (Å²) in [5, 5.41) is 7.78. The lowest BCUT2D eigenvalue weighted by Crippen LogP contribution is -2.60. The molecule has 0 N–H and O–H groups in total. The molecule has 68 heavy (non-hydrogen) atoms. The molecule has 330 valence electrons. The van der Waals surface area contributed by atoms with Crippen LogP contribution in [0.25, 0.3) is 91.9 Å². The third kappa shape index (κ3) is 4.81. The van der Waals surface area contributed by atoms with Gasteiger partial charge in [-0.25, -0.2) is 0 Å². The number of para-hydroxylation sites is 1. The molecule has 4 aliphatic rings. The molecule has 0 radical (unpaired) electrons. The van der Waals surface area contributed by atoms with Crippen molar-refractivity contribution in [2.75, 3.05) is 4.81 Å². The van der Waals surface area contributed by atoms with Crippen LogP contribution in [-0.2, 0) is 21.7 Å². The van der Waals surface area contributed by atoms with Gasteiger partial charge in [0, 0.05) is 75.3 Å². The molecule has 15 rings (SSSR count). The second-order valence-corrected chi connectivity index (χ2v) is 24.5. The summed E-state index contributed by atoms with van der Waals surface area (Å²) in [6, 6.07) is 51.9. The van der Waals surface area contributed by atoms with E-state index in [-0.39, 0.29) is 28.5 Å². The molecule has 0 spiro atoms. The van der Waals surface area contributed by atoms with Gasteiger partial charge in [-0.1, -0.05) is 141 Å². The van der Waals surface area contributed by atoms with E-state index in [1.165, 1.54) is 133 Å². The van der Waals surface area contributed by atoms with Crippen molar-refractivity contribution in [2.45, 2.75) is 96.8 Å². The zero-order valence-corrected chi connectivity index (χ0v) is 41.2. The molecule has 0 saturated carbocycles. The second-order valence-electron chi connectivity index (χ2n) is 23.5. The lowest BCUT2D eigenvalue weighted by Gasteiger charge is -2.43. The molecule has 0 fully saturated rings. The number of nitrogens with zero attached hydrogens (tertiary/aromatic N) is 2. The number of rotatable bonds is 1. The molecule has 2 aliphatic heterocycles. The molecular formula is C63H53BN2OS. The third-order valence-electron chi connectivity index (χ3n) is 17.4. The Kier molecular flexibility index (Phi) is 7.28. The molecule has 0 unspecified atom stereocenters. The SMILES string of the molecule is CC(C)(C)c1ccc(N2B3c4cc5c(cc4-n4c6cc7c(cc6c6c8c(sc9ccccc98)c(c3c64)-c3cc4oc6ccccc6c4cc32)C(C)(C)CCC7(C)C)-c2ccccc2C5(C)C)cc1. The van der Waals surface area contributed by atoms with Crippen LogP contribution >= 0.6 is 11.3 Å². The average molecular weight is 897 g/mol. The summed E-state index contributed by atoms with van der Waals surface area (Å²) in [6.07, 6.45) is 2.34. The van der Waals surface area contributed by atoms with Gasteiger partial charge in [0.05, 0.1) is 11.0 Å². The molecular weight excluding hydrogens is 844 g/mol. The van der Waals surface area contributed by atoms with Gasteiger partial charge < -0.3 is 13.8 Å². The van der Waals surface area contributed by atoms with Gasteiger partial charge in [0.1, 0.15) is 11.2 Å². The monoisotopic (exact) mass is 896 g/mol. The Morgan fingerprint density at radius 3 is 2.06 bits per heavy atom. The van der Waals surface area contributed by atoms with Gasteiger partial charge in [0.2, 0.25) is 0 Å². The van der Waals surface area contributed by atoms with Crippen LogP contribution in [0.15, 0.2) is 138 Å². The Balaban J connectivity index is 1.20. The summed E-state index contributed by atoms with van der Waals surface area (Å²) in [5.74, 6) is 0. The summed E-state index contributed by atoms with van der Waals surface area (Å²) in [5.41, 5.74) is 23.4. The van der Waals surface area contributed by atoms with Gasteiger partial charge in [-0.2, -0.15) is 0 Å². The van der Waals surface area contributed by atoms with E-state index in [9.17, 15) is 0 Å². The fraction of sp³-hybridized carbons (Fsp3) is 0.238. The molecule has 5 heterocycles. The van der Waals surface area contributed by atoms with Gasteiger partial charge in [0.25, 0.3) is 0 Å². The van der Waals surface area contributed by atoms with Crippen molar-refractivity contribution in [3.05, 3.63) is 161 Å². The van der Waals surface area contributed by atoms with Crippen molar-refractivity contribution in [2.24, 2.45) is 0 Å². The van der Waals surface area contributed by atoms with Crippen molar-refractivity contribution in [1.82, 2.24) is 4.57 Å². The predicted molar refractivity (Wildman–Crippen MR) is 292 cm³/mol. The summed E-state index contributed by atoms with van der Waals surface area (Å²) in [6.45, 7) is 21.6. The highest BCUT2D eigenvalue weighted by molar-refractivity contribution is 7.27. The minimum atomic E-state index is -0.171. The summed E-state index contributed by atoms with van der Waals surface area (Å²) < 4.78 is 12.3. The number of thiophene rings is 1. The number of furan rings is 1. The van der Waals surface area contributed by atoms with E-state index < -0.39 is 0 Å². The van der Waals surface area contributed by atoms with Crippen LogP contribution in [0.4, 0.5) is 11.4 Å². The van der Waals surface area contributed by atoms with E-state index >= 15 is 0 Å². The van der Waals surface area contributed by atoms with Crippen molar-refractivity contribution < 1.29 is 4.42 Å². The van der Waals surface area contributed by atoms with Gasteiger partial charge in [-0.05, 0) is 134 Å². The molecule has 0 amide bonds. The Morgan fingerprint density at radius 2 is 1.28 bits per heavy atom. The molecule has 0 atom stereocenters. The maximum Gasteiger partial charge on any atom is 0.333 e. The van der Waals surface area contributed by atoms with E-state index in [0.717, 1.165) is 21.9 Å². The minimum Gasteiger partial charge on any atom is -0.456 e. The van der Waals surface area contributed by atoms with Gasteiger partial charge >= 0.3 is 6.85 Å². The number of hydrogen-bond acceptors (Lipinski definition) is 3. The zero-order chi connectivity index (χ0) is 46.1. The Labute approximate surface area is 402 Å². The van der Waals surface area contributed by atoms with Crippen LogP contribution < -0.4 is 15.7 Å². The van der Waals surface area contributed by atoms with Crippen molar-refractivity contribution in [1.29, 1.82) is 0 Å². The van der Waals surface area contributed by atoms with E-state index in [1.807, 2.05) is 11.3 Å². The first-order chi connectivity index (χ1) is 32.6. The Morgan fingerprint density at radius 1 is 0.574 bits per heavy atom. The predicted octanol–water partition coefficient (Wildman–Crippen LogP) is 16.2. The molecule has 0 bridgehead atoms. The maximum absolute atomic E-state index is 6.83. The average Bonchev–Trinajstić information content (AvgIpc) is 4.05. The van der Waals surface area contributed by atoms with Gasteiger partial charge in [0.15, 0.2) is 0 Å². The van der Waals surface area contributed by atoms with Crippen LogP contribution in [-0.4, -0.2) is 11.4 Å². The van der Waals surface area contributed by atoms with Crippen molar-refractivity contribution >= 4 is 104 Å². The van der Waals surface area contributed by atoms with Crippen LogP contribution in [0.3, 0.4) is 0 Å². The summed E-state index contributed by atoms with van der Waals surface area (Å²) in [4.78, 5) is 2.72. The number of hydrogen-bond donors (Lipinski definition) is 0. The highest BCUT2D eigenvalue weighted by Gasteiger charge is 2.48. The number of fused-ring (bicyclic) bond motifs is 20. The summed E-state index contributed by atoms with van der Waals surface area (Å²) >= 11 is 1.97. The van der Waals surface area contributed by atoms with Crippen LogP contribution in [0.2, 0.25) is 0 Å². The highest BCUT2D eigenvalue weighted by atomic mass is 32.1.